The highest BCUT2D eigenvalue weighted by Gasteiger charge is 2.25. The molecule has 1 aliphatic rings. The van der Waals surface area contributed by atoms with Crippen molar-refractivity contribution in [2.75, 3.05) is 13.1 Å². The van der Waals surface area contributed by atoms with E-state index < -0.39 is 5.41 Å². The molecule has 1 amide bonds. The van der Waals surface area contributed by atoms with Crippen LogP contribution in [0.5, 0.6) is 0 Å². The lowest BCUT2D eigenvalue weighted by Crippen LogP contribution is -2.41. The Morgan fingerprint density at radius 3 is 2.68 bits per heavy atom. The van der Waals surface area contributed by atoms with Crippen molar-refractivity contribution >= 4 is 5.91 Å². The Bertz CT molecular complexity index is 455. The SMILES string of the molecule is CC(C)(CNC(=O)CNC1CC1)c1ccccc1F. The van der Waals surface area contributed by atoms with Gasteiger partial charge in [0.25, 0.3) is 0 Å². The molecule has 0 saturated heterocycles. The molecule has 0 bridgehead atoms. The zero-order chi connectivity index (χ0) is 13.9. The Morgan fingerprint density at radius 2 is 2.05 bits per heavy atom. The van der Waals surface area contributed by atoms with Crippen molar-refractivity contribution in [1.82, 2.24) is 10.6 Å². The van der Waals surface area contributed by atoms with Crippen LogP contribution in [0.1, 0.15) is 32.3 Å². The number of hydrogen-bond donors (Lipinski definition) is 2. The van der Waals surface area contributed by atoms with Gasteiger partial charge in [0.15, 0.2) is 0 Å². The molecule has 0 aromatic heterocycles. The molecule has 0 spiro atoms. The third kappa shape index (κ3) is 4.03. The highest BCUT2D eigenvalue weighted by Crippen LogP contribution is 2.24. The molecule has 104 valence electrons. The van der Waals surface area contributed by atoms with Crippen molar-refractivity contribution in [3.8, 4) is 0 Å². The monoisotopic (exact) mass is 264 g/mol. The maximum atomic E-state index is 13.7. The van der Waals surface area contributed by atoms with Crippen LogP contribution in [-0.2, 0) is 10.2 Å². The molecule has 1 aromatic carbocycles. The van der Waals surface area contributed by atoms with E-state index >= 15 is 0 Å². The van der Waals surface area contributed by atoms with Crippen molar-refractivity contribution in [3.63, 3.8) is 0 Å². The highest BCUT2D eigenvalue weighted by atomic mass is 19.1. The molecule has 4 heteroatoms. The van der Waals surface area contributed by atoms with Crippen LogP contribution in [0, 0.1) is 5.82 Å². The van der Waals surface area contributed by atoms with E-state index in [4.69, 9.17) is 0 Å². The van der Waals surface area contributed by atoms with E-state index in [0.717, 1.165) is 12.8 Å². The number of benzene rings is 1. The summed E-state index contributed by atoms with van der Waals surface area (Å²) >= 11 is 0. The van der Waals surface area contributed by atoms with Crippen molar-refractivity contribution in [1.29, 1.82) is 0 Å². The van der Waals surface area contributed by atoms with Crippen LogP contribution in [0.3, 0.4) is 0 Å². The van der Waals surface area contributed by atoms with Gasteiger partial charge in [-0.05, 0) is 24.5 Å². The lowest BCUT2D eigenvalue weighted by Gasteiger charge is -2.26. The van der Waals surface area contributed by atoms with Crippen molar-refractivity contribution in [2.45, 2.75) is 38.1 Å². The van der Waals surface area contributed by atoms with E-state index in [1.165, 1.54) is 6.07 Å². The molecule has 0 radical (unpaired) electrons. The number of hydrogen-bond acceptors (Lipinski definition) is 2. The van der Waals surface area contributed by atoms with Crippen molar-refractivity contribution in [2.24, 2.45) is 0 Å². The van der Waals surface area contributed by atoms with Gasteiger partial charge in [0, 0.05) is 18.0 Å². The zero-order valence-electron chi connectivity index (χ0n) is 11.5. The maximum absolute atomic E-state index is 13.7. The average Bonchev–Trinajstić information content (AvgIpc) is 3.18. The largest absolute Gasteiger partial charge is 0.354 e. The minimum atomic E-state index is -0.416. The van der Waals surface area contributed by atoms with Crippen LogP contribution in [0.15, 0.2) is 24.3 Å². The van der Waals surface area contributed by atoms with Crippen molar-refractivity contribution in [3.05, 3.63) is 35.6 Å². The highest BCUT2D eigenvalue weighted by molar-refractivity contribution is 5.78. The molecular weight excluding hydrogens is 243 g/mol. The lowest BCUT2D eigenvalue weighted by atomic mass is 9.84. The molecule has 0 heterocycles. The van der Waals surface area contributed by atoms with Gasteiger partial charge >= 0.3 is 0 Å². The normalized spacial score (nSPS) is 15.3. The predicted molar refractivity (Wildman–Crippen MR) is 73.5 cm³/mol. The topological polar surface area (TPSA) is 41.1 Å². The summed E-state index contributed by atoms with van der Waals surface area (Å²) in [6.45, 7) is 4.64. The smallest absolute Gasteiger partial charge is 0.233 e. The first-order valence-electron chi connectivity index (χ1n) is 6.74. The molecule has 19 heavy (non-hydrogen) atoms. The fraction of sp³-hybridized carbons (Fsp3) is 0.533. The summed E-state index contributed by atoms with van der Waals surface area (Å²) in [6, 6.07) is 7.23. The summed E-state index contributed by atoms with van der Waals surface area (Å²) < 4.78 is 13.7. The third-order valence-electron chi connectivity index (χ3n) is 3.46. The summed E-state index contributed by atoms with van der Waals surface area (Å²) in [6.07, 6.45) is 2.32. The maximum Gasteiger partial charge on any atom is 0.233 e. The van der Waals surface area contributed by atoms with Gasteiger partial charge in [-0.25, -0.2) is 4.39 Å². The molecule has 1 aliphatic carbocycles. The van der Waals surface area contributed by atoms with Gasteiger partial charge in [-0.1, -0.05) is 32.0 Å². The molecule has 0 aliphatic heterocycles. The molecule has 2 N–H and O–H groups in total. The summed E-state index contributed by atoms with van der Waals surface area (Å²) in [5, 5.41) is 6.02. The second kappa shape index (κ2) is 5.70. The van der Waals surface area contributed by atoms with E-state index in [2.05, 4.69) is 10.6 Å². The van der Waals surface area contributed by atoms with Crippen LogP contribution < -0.4 is 10.6 Å². The number of rotatable bonds is 6. The Morgan fingerprint density at radius 1 is 1.37 bits per heavy atom. The van der Waals surface area contributed by atoms with Gasteiger partial charge < -0.3 is 10.6 Å². The number of halogens is 1. The summed E-state index contributed by atoms with van der Waals surface area (Å²) in [5.41, 5.74) is 0.214. The van der Waals surface area contributed by atoms with E-state index in [1.807, 2.05) is 19.9 Å². The molecular formula is C15H21FN2O. The van der Waals surface area contributed by atoms with Gasteiger partial charge in [0.1, 0.15) is 5.82 Å². The number of carbonyl (C=O) groups is 1. The fourth-order valence-electron chi connectivity index (χ4n) is 2.01. The van der Waals surface area contributed by atoms with Crippen LogP contribution in [0.25, 0.3) is 0 Å². The van der Waals surface area contributed by atoms with Crippen LogP contribution in [-0.4, -0.2) is 25.0 Å². The van der Waals surface area contributed by atoms with Crippen LogP contribution in [0.2, 0.25) is 0 Å². The number of nitrogens with one attached hydrogen (secondary N) is 2. The average molecular weight is 264 g/mol. The van der Waals surface area contributed by atoms with E-state index in [9.17, 15) is 9.18 Å². The van der Waals surface area contributed by atoms with Gasteiger partial charge in [-0.2, -0.15) is 0 Å². The Kier molecular flexibility index (Phi) is 4.20. The quantitative estimate of drug-likeness (QED) is 0.825. The molecule has 0 atom stereocenters. The molecule has 1 aromatic rings. The summed E-state index contributed by atoms with van der Waals surface area (Å²) in [7, 11) is 0. The Labute approximate surface area is 113 Å². The second-order valence-corrected chi connectivity index (χ2v) is 5.80. The van der Waals surface area contributed by atoms with Crippen LogP contribution in [0.4, 0.5) is 4.39 Å². The molecule has 1 saturated carbocycles. The minimum Gasteiger partial charge on any atom is -0.354 e. The van der Waals surface area contributed by atoms with E-state index in [-0.39, 0.29) is 11.7 Å². The second-order valence-electron chi connectivity index (χ2n) is 5.80. The van der Waals surface area contributed by atoms with Gasteiger partial charge in [-0.15, -0.1) is 0 Å². The molecule has 2 rings (SSSR count). The number of carbonyl (C=O) groups excluding carboxylic acids is 1. The first-order chi connectivity index (χ1) is 8.99. The van der Waals surface area contributed by atoms with Crippen LogP contribution >= 0.6 is 0 Å². The summed E-state index contributed by atoms with van der Waals surface area (Å²) in [4.78, 5) is 11.7. The van der Waals surface area contributed by atoms with Gasteiger partial charge in [0.05, 0.1) is 6.54 Å². The first-order valence-corrected chi connectivity index (χ1v) is 6.74. The lowest BCUT2D eigenvalue weighted by molar-refractivity contribution is -0.120. The molecule has 3 nitrogen and oxygen atoms in total. The van der Waals surface area contributed by atoms with Crippen molar-refractivity contribution < 1.29 is 9.18 Å². The zero-order valence-corrected chi connectivity index (χ0v) is 11.5. The molecule has 1 fully saturated rings. The fourth-order valence-corrected chi connectivity index (χ4v) is 2.01. The Hall–Kier alpha value is -1.42. The minimum absolute atomic E-state index is 0.0312. The van der Waals surface area contributed by atoms with E-state index in [1.54, 1.807) is 12.1 Å². The first kappa shape index (κ1) is 14.0. The molecule has 0 unspecified atom stereocenters. The third-order valence-corrected chi connectivity index (χ3v) is 3.46. The standard InChI is InChI=1S/C15H21FN2O/c1-15(2,12-5-3-4-6-13(12)16)10-18-14(19)9-17-11-7-8-11/h3-6,11,17H,7-10H2,1-2H3,(H,18,19). The summed E-state index contributed by atoms with van der Waals surface area (Å²) in [5.74, 6) is -0.255. The predicted octanol–water partition coefficient (Wildman–Crippen LogP) is 1.97. The van der Waals surface area contributed by atoms with E-state index in [0.29, 0.717) is 24.7 Å². The van der Waals surface area contributed by atoms with Gasteiger partial charge in [-0.3, -0.25) is 4.79 Å². The number of amides is 1. The van der Waals surface area contributed by atoms with Gasteiger partial charge in [0.2, 0.25) is 5.91 Å². The Balaban J connectivity index is 1.86.